The number of fused-ring (bicyclic) bond motifs is 4. The highest BCUT2D eigenvalue weighted by Gasteiger charge is 2.28. The normalized spacial score (nSPS) is 10.9. The Morgan fingerprint density at radius 1 is 0.381 bits per heavy atom. The first kappa shape index (κ1) is 102. The summed E-state index contributed by atoms with van der Waals surface area (Å²) in [5.41, 5.74) is 26.5. The van der Waals surface area contributed by atoms with E-state index in [-0.39, 0.29) is 34.7 Å². The number of aryl methyl sites for hydroxylation is 5. The maximum absolute atomic E-state index is 16.0. The molecule has 21 aromatic rings. The number of hydrogen-bond acceptors (Lipinski definition) is 23. The number of benzene rings is 8. The summed E-state index contributed by atoms with van der Waals surface area (Å²) in [6.45, 7) is 2.37. The second-order valence-electron chi connectivity index (χ2n) is 33.3. The molecule has 0 unspecified atom stereocenters. The molecule has 13 aromatic heterocycles. The fraction of sp³-hybridized carbons (Fsp3) is 0.120. The van der Waals surface area contributed by atoms with Crippen molar-refractivity contribution >= 4 is 137 Å². The number of pyridine rings is 4. The van der Waals surface area contributed by atoms with Gasteiger partial charge in [-0.3, -0.25) is 23.4 Å². The van der Waals surface area contributed by atoms with E-state index in [0.717, 1.165) is 27.8 Å². The molecule has 0 aliphatic heterocycles. The number of methoxy groups -OCH3 is 4. The van der Waals surface area contributed by atoms with Crippen molar-refractivity contribution in [2.45, 2.75) is 26.2 Å². The van der Waals surface area contributed by atoms with E-state index in [0.29, 0.717) is 193 Å². The molecule has 741 valence electrons. The largest absolute Gasteiger partial charge is 0.570 e. The van der Waals surface area contributed by atoms with Crippen LogP contribution in [0.3, 0.4) is 0 Å². The molecule has 0 saturated heterocycles. The second-order valence-corrected chi connectivity index (χ2v) is 35.2. The molecule has 1 radical (unpaired) electrons. The zero-order valence-electron chi connectivity index (χ0n) is 80.5. The number of carbonyl (C=O) groups is 4. The van der Waals surface area contributed by atoms with E-state index in [4.69, 9.17) is 45.1 Å². The van der Waals surface area contributed by atoms with Gasteiger partial charge >= 0.3 is 31.6 Å². The number of aromatic amines is 4. The average molecular weight is 2150 g/mol. The summed E-state index contributed by atoms with van der Waals surface area (Å²) in [7, 11) is 14.8. The van der Waals surface area contributed by atoms with Crippen molar-refractivity contribution < 1.29 is 65.4 Å². The quantitative estimate of drug-likeness (QED) is 0.00781. The molecule has 0 fully saturated rings. The molecule has 39 heteroatoms. The van der Waals surface area contributed by atoms with Crippen LogP contribution in [0.15, 0.2) is 310 Å². The van der Waals surface area contributed by atoms with Crippen LogP contribution >= 0.6 is 38.5 Å². The van der Waals surface area contributed by atoms with E-state index in [1.807, 2.05) is 122 Å². The number of nitrogens with two attached hydrogens (primary N) is 2. The minimum absolute atomic E-state index is 0.180. The van der Waals surface area contributed by atoms with Crippen LogP contribution in [0.5, 0.6) is 5.88 Å². The van der Waals surface area contributed by atoms with Crippen molar-refractivity contribution in [2.24, 2.45) is 35.2 Å². The minimum atomic E-state index is -0.539. The Morgan fingerprint density at radius 3 is 1.03 bits per heavy atom. The number of aromatic nitrogens is 18. The molecule has 0 atom stereocenters. The second kappa shape index (κ2) is 46.6. The molecule has 0 bridgehead atoms. The van der Waals surface area contributed by atoms with Gasteiger partial charge in [0.1, 0.15) is 39.5 Å². The van der Waals surface area contributed by atoms with Crippen LogP contribution in [-0.2, 0) is 80.4 Å². The van der Waals surface area contributed by atoms with E-state index in [2.05, 4.69) is 135 Å². The fourth-order valence-electron chi connectivity index (χ4n) is 16.4. The zero-order chi connectivity index (χ0) is 104. The van der Waals surface area contributed by atoms with Crippen LogP contribution in [0.25, 0.3) is 122 Å². The SMILES string of the molecule is COC(=O)c1cnc(Br)c2[nH]c(-c3cccc(-c4cnn(C)c4)c3F)cc12.COC(=O)c1cnc(N(Cc2ccccc2)Cc2ccccc2)c2[nH]c(-c3cccc(-c4cnn(C)c4)c3F)cc12.COC(=O)c1cnc(N(Cc2ccccc2)Cc2ccccc2)c2[nH]c(O[B]O)cc12.COC(=O)c1cnc(N)c2[nH]c(-c3cccc(-c4cnn(C)c4)c3F)cc12.Cn1cc(-c2cccc(I)c2F)cn1.Cn1ccc(N)n1. The summed E-state index contributed by atoms with van der Waals surface area (Å²) in [5.74, 6) is -1.01. The first-order valence-electron chi connectivity index (χ1n) is 45.3. The maximum atomic E-state index is 16.0. The van der Waals surface area contributed by atoms with Crippen LogP contribution in [0.1, 0.15) is 63.7 Å². The monoisotopic (exact) mass is 2150 g/mol. The smallest absolute Gasteiger partial charge is 0.525 e. The number of carbonyl (C=O) groups excluding carboxylic acids is 4. The first-order valence-corrected chi connectivity index (χ1v) is 47.1. The minimum Gasteiger partial charge on any atom is -0.525 e. The molecule has 21 rings (SSSR count). The maximum Gasteiger partial charge on any atom is 0.570 e. The van der Waals surface area contributed by atoms with E-state index in [9.17, 15) is 23.6 Å². The number of nitrogens with one attached hydrogen (secondary N) is 4. The van der Waals surface area contributed by atoms with E-state index in [1.165, 1.54) is 53.2 Å². The van der Waals surface area contributed by atoms with E-state index in [1.54, 1.807) is 191 Å². The molecule has 13 heterocycles. The van der Waals surface area contributed by atoms with Crippen LogP contribution in [0, 0.1) is 26.8 Å². The third-order valence-corrected chi connectivity index (χ3v) is 24.9. The predicted molar refractivity (Wildman–Crippen MR) is 568 cm³/mol. The van der Waals surface area contributed by atoms with Gasteiger partial charge in [0, 0.05) is 227 Å². The Balaban J connectivity index is 0.000000132. The Hall–Kier alpha value is -17.6. The zero-order valence-corrected chi connectivity index (χ0v) is 84.2. The molecular formula is C108H94BBrF4IN22O10. The van der Waals surface area contributed by atoms with Gasteiger partial charge in [-0.05, 0) is 109 Å². The van der Waals surface area contributed by atoms with Gasteiger partial charge in [-0.15, -0.1) is 0 Å². The van der Waals surface area contributed by atoms with Gasteiger partial charge in [0.15, 0.2) is 17.5 Å². The summed E-state index contributed by atoms with van der Waals surface area (Å²) in [5, 5.41) is 31.6. The highest BCUT2D eigenvalue weighted by atomic mass is 127. The highest BCUT2D eigenvalue weighted by molar-refractivity contribution is 14.1. The van der Waals surface area contributed by atoms with Gasteiger partial charge in [-0.25, -0.2) is 56.7 Å². The van der Waals surface area contributed by atoms with Crippen molar-refractivity contribution in [2.75, 3.05) is 49.7 Å². The molecule has 0 aliphatic rings. The number of anilines is 4. The fourth-order valence-corrected chi connectivity index (χ4v) is 17.4. The molecule has 0 saturated carbocycles. The predicted octanol–water partition coefficient (Wildman–Crippen LogP) is 20.5. The van der Waals surface area contributed by atoms with Gasteiger partial charge in [-0.2, -0.15) is 25.5 Å². The van der Waals surface area contributed by atoms with E-state index < -0.39 is 29.7 Å². The number of ether oxygens (including phenoxy) is 4. The Bertz CT molecular complexity index is 8000. The van der Waals surface area contributed by atoms with Crippen LogP contribution in [0.2, 0.25) is 0 Å². The van der Waals surface area contributed by atoms with Crippen molar-refractivity contribution in [3.8, 4) is 84.2 Å². The Morgan fingerprint density at radius 2 is 0.694 bits per heavy atom. The van der Waals surface area contributed by atoms with Gasteiger partial charge in [0.05, 0.1) is 97.5 Å². The lowest BCUT2D eigenvalue weighted by Crippen LogP contribution is -2.24. The number of nitrogens with zero attached hydrogens (tertiary/aromatic N) is 16. The highest BCUT2D eigenvalue weighted by Crippen LogP contribution is 2.42. The van der Waals surface area contributed by atoms with E-state index >= 15 is 13.2 Å². The third-order valence-electron chi connectivity index (χ3n) is 23.5. The van der Waals surface area contributed by atoms with Crippen LogP contribution in [0.4, 0.5) is 40.8 Å². The molecule has 9 N–H and O–H groups in total. The Kier molecular flexibility index (Phi) is 32.5. The molecule has 0 amide bonds. The molecule has 0 aliphatic carbocycles. The summed E-state index contributed by atoms with van der Waals surface area (Å²) in [6, 6.07) is 69.9. The number of H-pyrrole nitrogens is 4. The van der Waals surface area contributed by atoms with Gasteiger partial charge in [0.2, 0.25) is 0 Å². The van der Waals surface area contributed by atoms with Crippen molar-refractivity contribution in [1.29, 1.82) is 0 Å². The van der Waals surface area contributed by atoms with Gasteiger partial charge in [0.25, 0.3) is 0 Å². The summed E-state index contributed by atoms with van der Waals surface area (Å²) in [6.07, 6.45) is 21.2. The summed E-state index contributed by atoms with van der Waals surface area (Å²) in [4.78, 5) is 83.6. The lowest BCUT2D eigenvalue weighted by Gasteiger charge is -2.25. The molecular weight excluding hydrogens is 2060 g/mol. The molecule has 8 aromatic carbocycles. The molecule has 147 heavy (non-hydrogen) atoms. The number of hydrogen-bond donors (Lipinski definition) is 7. The third kappa shape index (κ3) is 23.7. The van der Waals surface area contributed by atoms with Crippen molar-refractivity contribution in [1.82, 2.24) is 88.8 Å². The molecule has 0 spiro atoms. The Labute approximate surface area is 861 Å². The number of nitrogen functional groups attached to an aromatic ring is 2. The lowest BCUT2D eigenvalue weighted by molar-refractivity contribution is 0.0593. The lowest BCUT2D eigenvalue weighted by atomic mass is 10.0. The van der Waals surface area contributed by atoms with Crippen molar-refractivity contribution in [3.63, 3.8) is 0 Å². The van der Waals surface area contributed by atoms with Crippen LogP contribution in [-0.4, -0.2) is 154 Å². The van der Waals surface area contributed by atoms with Crippen molar-refractivity contribution in [3.05, 3.63) is 381 Å². The number of halogens is 6. The summed E-state index contributed by atoms with van der Waals surface area (Å²) >= 11 is 5.34. The topological polar surface area (TPSA) is 397 Å². The number of rotatable bonds is 23. The first-order chi connectivity index (χ1) is 71.2. The average Bonchev–Trinajstić information content (AvgIpc) is 1.62. The van der Waals surface area contributed by atoms with Gasteiger partial charge in [-0.1, -0.05) is 170 Å². The van der Waals surface area contributed by atoms with Gasteiger partial charge < -0.3 is 69.8 Å². The van der Waals surface area contributed by atoms with Crippen LogP contribution < -0.4 is 25.9 Å². The number of esters is 4. The standard InChI is InChI=1S/C33H28FN5O2.C23H21BN3O4.C19H14BrFN4O2.C19H16FN5O2.C10H8FIN2.C4H7N3/c1-38-21-24(17-36-38)25-14-9-15-26(30(25)34)29-16-27-28(33(40)41-2)18-35-32(31(27)37-29)39(19-22-10-5-3-6-11-22)20-23-12-7-4-8-13-23;1-30-23(28)19-13-25-22(21-18(19)12-20(26-21)31-24-29)27(14-16-8-4-2-5-9-16)15-17-10-6-3-7-11-17;1-25-9-10(7-23-25)11-4-3-5-12(16(11)21)15-6-13-14(19(26)27-2)8-22-18(20)17(13)24-15;1-25-9-10(7-23-25)11-4-3-5-12(16(11)20)15-6-13-14(19(26)27-2)8-22-18(21)17(13)24-15;1-14-6-7(5-13-14)8-3-2-4-9(12)10(8)11;1-7-3-2-4(5)6-7/h3-18,21,37H,19-20H2,1-2H3;2-13,26,29H,14-15H2,1H3;3-9,24H,1-2H3;3-9,24H,1-2H3,(H2,21,22);2-6H,1H3;2-3H,1H3,(H2,5,6). The summed E-state index contributed by atoms with van der Waals surface area (Å²) < 4.78 is 94.1. The molecule has 32 nitrogen and oxygen atoms in total.